The van der Waals surface area contributed by atoms with Crippen LogP contribution >= 0.6 is 12.4 Å². The summed E-state index contributed by atoms with van der Waals surface area (Å²) in [5.41, 5.74) is 1.31. The molecule has 1 heterocycles. The smallest absolute Gasteiger partial charge is 0.222 e. The van der Waals surface area contributed by atoms with Crippen molar-refractivity contribution in [1.29, 1.82) is 0 Å². The first-order valence-corrected chi connectivity index (χ1v) is 9.18. The number of morpholine rings is 1. The maximum Gasteiger partial charge on any atom is 0.222 e. The van der Waals surface area contributed by atoms with Crippen molar-refractivity contribution in [3.05, 3.63) is 59.4 Å². The lowest BCUT2D eigenvalue weighted by Gasteiger charge is -2.26. The van der Waals surface area contributed by atoms with Crippen LogP contribution in [0, 0.1) is 5.82 Å². The number of carbonyl (C=O) groups excluding carboxylic acids is 1. The Morgan fingerprint density at radius 3 is 2.79 bits per heavy atom. The van der Waals surface area contributed by atoms with E-state index in [9.17, 15) is 9.18 Å². The van der Waals surface area contributed by atoms with Gasteiger partial charge in [-0.3, -0.25) is 4.79 Å². The lowest BCUT2D eigenvalue weighted by Crippen LogP contribution is -2.44. The molecular weight excluding hydrogens is 399 g/mol. The fourth-order valence-corrected chi connectivity index (χ4v) is 3.29. The second kappa shape index (κ2) is 11.0. The summed E-state index contributed by atoms with van der Waals surface area (Å²) in [4.78, 5) is 12.7. The van der Waals surface area contributed by atoms with E-state index in [-0.39, 0.29) is 30.8 Å². The number of methoxy groups -OCH3 is 2. The fraction of sp³-hybridized carbons (Fsp3) is 0.381. The molecule has 2 aromatic carbocycles. The van der Waals surface area contributed by atoms with Crippen molar-refractivity contribution >= 4 is 18.3 Å². The van der Waals surface area contributed by atoms with Crippen LogP contribution in [0.4, 0.5) is 4.39 Å². The molecule has 6 nitrogen and oxygen atoms in total. The molecule has 0 saturated carbocycles. The molecule has 158 valence electrons. The molecule has 1 aliphatic heterocycles. The largest absolute Gasteiger partial charge is 0.497 e. The van der Waals surface area contributed by atoms with Crippen LogP contribution < -0.4 is 20.1 Å². The predicted octanol–water partition coefficient (Wildman–Crippen LogP) is 2.85. The van der Waals surface area contributed by atoms with E-state index in [1.807, 2.05) is 24.3 Å². The highest BCUT2D eigenvalue weighted by molar-refractivity contribution is 5.85. The van der Waals surface area contributed by atoms with Gasteiger partial charge >= 0.3 is 0 Å². The number of ether oxygens (including phenoxy) is 3. The summed E-state index contributed by atoms with van der Waals surface area (Å²) in [5, 5.41) is 6.28. The molecule has 3 rings (SSSR count). The van der Waals surface area contributed by atoms with E-state index in [2.05, 4.69) is 10.6 Å². The van der Waals surface area contributed by atoms with Crippen LogP contribution in [-0.2, 0) is 9.53 Å². The van der Waals surface area contributed by atoms with Gasteiger partial charge in [0.2, 0.25) is 5.91 Å². The molecule has 0 aliphatic carbocycles. The minimum Gasteiger partial charge on any atom is -0.497 e. The third kappa shape index (κ3) is 6.06. The molecule has 2 atom stereocenters. The van der Waals surface area contributed by atoms with Crippen molar-refractivity contribution < 1.29 is 23.4 Å². The molecule has 1 saturated heterocycles. The number of carbonyl (C=O) groups is 1. The quantitative estimate of drug-likeness (QED) is 0.715. The van der Waals surface area contributed by atoms with Gasteiger partial charge in [-0.2, -0.15) is 0 Å². The normalized spacial score (nSPS) is 17.0. The van der Waals surface area contributed by atoms with Gasteiger partial charge in [0, 0.05) is 24.6 Å². The van der Waals surface area contributed by atoms with E-state index in [0.29, 0.717) is 30.3 Å². The predicted molar refractivity (Wildman–Crippen MR) is 110 cm³/mol. The minimum atomic E-state index is -0.585. The molecule has 0 spiro atoms. The summed E-state index contributed by atoms with van der Waals surface area (Å²) < 4.78 is 30.1. The highest BCUT2D eigenvalue weighted by atomic mass is 35.5. The third-order valence-corrected chi connectivity index (χ3v) is 4.67. The summed E-state index contributed by atoms with van der Waals surface area (Å²) in [7, 11) is 3.09. The second-order valence-corrected chi connectivity index (χ2v) is 6.59. The standard InChI is InChI=1S/C21H25FN2O4.ClH/c1-26-17-5-3-4-14(10-17)21(18-11-15(22)6-7-19(18)27-2)24-20(25)12-16-13-28-9-8-23-16;/h3-7,10-11,16,21,23H,8-9,12-13H2,1-2H3,(H,24,25);1H. The number of hydrogen-bond acceptors (Lipinski definition) is 5. The van der Waals surface area contributed by atoms with E-state index in [4.69, 9.17) is 14.2 Å². The SMILES string of the molecule is COc1cccc(C(NC(=O)CC2COCCN2)c2cc(F)ccc2OC)c1.Cl. The fourth-order valence-electron chi connectivity index (χ4n) is 3.29. The molecule has 1 aliphatic rings. The maximum atomic E-state index is 14.0. The van der Waals surface area contributed by atoms with Crippen molar-refractivity contribution in [2.75, 3.05) is 34.0 Å². The van der Waals surface area contributed by atoms with Crippen molar-refractivity contribution in [3.8, 4) is 11.5 Å². The number of hydrogen-bond donors (Lipinski definition) is 2. The molecule has 0 bridgehead atoms. The Morgan fingerprint density at radius 1 is 1.28 bits per heavy atom. The van der Waals surface area contributed by atoms with Crippen LogP contribution in [0.2, 0.25) is 0 Å². The summed E-state index contributed by atoms with van der Waals surface area (Å²) in [6, 6.07) is 11.0. The molecule has 0 radical (unpaired) electrons. The zero-order valence-corrected chi connectivity index (χ0v) is 17.3. The molecular formula is C21H26ClFN2O4. The molecule has 8 heteroatoms. The van der Waals surface area contributed by atoms with Crippen LogP contribution in [0.5, 0.6) is 11.5 Å². The molecule has 0 aromatic heterocycles. The monoisotopic (exact) mass is 424 g/mol. The summed E-state index contributed by atoms with van der Waals surface area (Å²) in [6.45, 7) is 1.85. The van der Waals surface area contributed by atoms with Crippen LogP contribution in [0.15, 0.2) is 42.5 Å². The van der Waals surface area contributed by atoms with Crippen molar-refractivity contribution in [3.63, 3.8) is 0 Å². The van der Waals surface area contributed by atoms with Gasteiger partial charge < -0.3 is 24.8 Å². The summed E-state index contributed by atoms with van der Waals surface area (Å²) >= 11 is 0. The topological polar surface area (TPSA) is 68.8 Å². The van der Waals surface area contributed by atoms with Crippen molar-refractivity contribution in [1.82, 2.24) is 10.6 Å². The minimum absolute atomic E-state index is 0. The van der Waals surface area contributed by atoms with E-state index < -0.39 is 11.9 Å². The Balaban J connectivity index is 0.00000300. The first-order chi connectivity index (χ1) is 13.6. The van der Waals surface area contributed by atoms with Gasteiger partial charge in [0.05, 0.1) is 33.5 Å². The average Bonchev–Trinajstić information content (AvgIpc) is 2.72. The van der Waals surface area contributed by atoms with Crippen LogP contribution in [0.25, 0.3) is 0 Å². The van der Waals surface area contributed by atoms with Gasteiger partial charge in [0.25, 0.3) is 0 Å². The van der Waals surface area contributed by atoms with Gasteiger partial charge in [0.1, 0.15) is 17.3 Å². The molecule has 2 N–H and O–H groups in total. The van der Waals surface area contributed by atoms with E-state index in [1.165, 1.54) is 19.2 Å². The van der Waals surface area contributed by atoms with Crippen LogP contribution in [0.3, 0.4) is 0 Å². The zero-order chi connectivity index (χ0) is 19.9. The van der Waals surface area contributed by atoms with E-state index >= 15 is 0 Å². The maximum absolute atomic E-state index is 14.0. The Morgan fingerprint density at radius 2 is 2.10 bits per heavy atom. The van der Waals surface area contributed by atoms with Gasteiger partial charge in [-0.25, -0.2) is 4.39 Å². The van der Waals surface area contributed by atoms with Gasteiger partial charge in [-0.1, -0.05) is 12.1 Å². The van der Waals surface area contributed by atoms with Gasteiger partial charge in [-0.15, -0.1) is 12.4 Å². The second-order valence-electron chi connectivity index (χ2n) is 6.59. The van der Waals surface area contributed by atoms with Gasteiger partial charge in [-0.05, 0) is 35.9 Å². The molecule has 1 amide bonds. The van der Waals surface area contributed by atoms with Crippen LogP contribution in [-0.4, -0.2) is 45.9 Å². The third-order valence-electron chi connectivity index (χ3n) is 4.67. The highest BCUT2D eigenvalue weighted by Gasteiger charge is 2.24. The molecule has 2 unspecified atom stereocenters. The van der Waals surface area contributed by atoms with Crippen LogP contribution in [0.1, 0.15) is 23.6 Å². The van der Waals surface area contributed by atoms with E-state index in [1.54, 1.807) is 13.2 Å². The highest BCUT2D eigenvalue weighted by Crippen LogP contribution is 2.32. The van der Waals surface area contributed by atoms with Gasteiger partial charge in [0.15, 0.2) is 0 Å². The first kappa shape index (κ1) is 22.9. The Bertz CT molecular complexity index is 815. The molecule has 1 fully saturated rings. The number of benzene rings is 2. The number of amides is 1. The van der Waals surface area contributed by atoms with E-state index in [0.717, 1.165) is 12.1 Å². The number of nitrogens with one attached hydrogen (secondary N) is 2. The Kier molecular flexibility index (Phi) is 8.70. The lowest BCUT2D eigenvalue weighted by molar-refractivity contribution is -0.122. The lowest BCUT2D eigenvalue weighted by atomic mass is 9.96. The van der Waals surface area contributed by atoms with Crippen molar-refractivity contribution in [2.45, 2.75) is 18.5 Å². The summed E-state index contributed by atoms with van der Waals surface area (Å²) in [6.07, 6.45) is 0.262. The molecule has 2 aromatic rings. The first-order valence-electron chi connectivity index (χ1n) is 9.18. The zero-order valence-electron chi connectivity index (χ0n) is 16.4. The Hall–Kier alpha value is -2.35. The Labute approximate surface area is 176 Å². The van der Waals surface area contributed by atoms with Crippen molar-refractivity contribution in [2.24, 2.45) is 0 Å². The number of halogens is 2. The molecule has 29 heavy (non-hydrogen) atoms. The average molecular weight is 425 g/mol. The summed E-state index contributed by atoms with van der Waals surface area (Å²) in [5.74, 6) is 0.575. The number of rotatable bonds is 7.